The molecule has 0 aliphatic rings. The van der Waals surface area contributed by atoms with Crippen LogP contribution in [0.1, 0.15) is 0 Å². The van der Waals surface area contributed by atoms with Crippen molar-refractivity contribution in [1.29, 1.82) is 0 Å². The number of hydrogen-bond donors (Lipinski definition) is 0. The lowest BCUT2D eigenvalue weighted by Crippen LogP contribution is -2.28. The Morgan fingerprint density at radius 3 is 0.675 bits per heavy atom. The largest absolute Gasteiger partial charge is 0.364 e. The highest BCUT2D eigenvalue weighted by Gasteiger charge is 2.16. The molecule has 0 spiro atoms. The molecule has 0 amide bonds. The second-order valence-corrected chi connectivity index (χ2v) is 9.01. The first-order chi connectivity index (χ1) is 19.6. The molecule has 0 unspecified atom stereocenters. The molecule has 0 aliphatic heterocycles. The van der Waals surface area contributed by atoms with E-state index >= 15 is 0 Å². The van der Waals surface area contributed by atoms with Crippen LogP contribution in [0.25, 0.3) is 0 Å². The molecule has 3 aromatic rings. The van der Waals surface area contributed by atoms with E-state index in [2.05, 4.69) is 77.7 Å². The van der Waals surface area contributed by atoms with Gasteiger partial charge >= 0.3 is 0 Å². The Bertz CT molecular complexity index is 939. The minimum absolute atomic E-state index is 0.429. The third-order valence-corrected chi connectivity index (χ3v) is 6.13. The predicted octanol–water partition coefficient (Wildman–Crippen LogP) is 5.20. The number of rotatable bonds is 18. The number of hydrogen-bond acceptors (Lipinski definition) is 10. The van der Waals surface area contributed by atoms with E-state index in [1.807, 2.05) is 14.7 Å². The molecule has 0 aliphatic carbocycles. The Morgan fingerprint density at radius 1 is 0.325 bits per heavy atom. The summed E-state index contributed by atoms with van der Waals surface area (Å²) in [4.78, 5) is 8.25. The van der Waals surface area contributed by atoms with Gasteiger partial charge in [-0.15, -0.1) is 0 Å². The summed E-state index contributed by atoms with van der Waals surface area (Å²) in [5, 5.41) is 0. The maximum atomic E-state index is 5.35. The lowest BCUT2D eigenvalue weighted by Gasteiger charge is -2.29. The summed E-state index contributed by atoms with van der Waals surface area (Å²) in [6.45, 7) is 2.58. The summed E-state index contributed by atoms with van der Waals surface area (Å²) in [5.74, 6) is 0. The molecule has 40 heavy (non-hydrogen) atoms. The third-order valence-electron chi connectivity index (χ3n) is 6.13. The summed E-state index contributed by atoms with van der Waals surface area (Å²) in [7, 11) is 10.0. The van der Waals surface area contributed by atoms with Gasteiger partial charge in [0.2, 0.25) is 0 Å². The Labute approximate surface area is 238 Å². The molecule has 0 radical (unpaired) electrons. The zero-order chi connectivity index (χ0) is 28.7. The first-order valence-corrected chi connectivity index (χ1v) is 12.9. The van der Waals surface area contributed by atoms with Crippen LogP contribution >= 0.6 is 0 Å². The maximum Gasteiger partial charge on any atom is 0.120 e. The molecular weight excluding hydrogens is 512 g/mol. The molecule has 10 heteroatoms. The first kappa shape index (κ1) is 31.2. The third kappa shape index (κ3) is 8.31. The highest BCUT2D eigenvalue weighted by Crippen LogP contribution is 2.37. The van der Waals surface area contributed by atoms with E-state index < -0.39 is 0 Å². The fraction of sp³-hybridized carbons (Fsp3) is 0.400. The molecule has 0 N–H and O–H groups in total. The van der Waals surface area contributed by atoms with Crippen LogP contribution in [0.3, 0.4) is 0 Å². The number of methoxy groups -OCH3 is 6. The monoisotopic (exact) mass is 554 g/mol. The van der Waals surface area contributed by atoms with Crippen LogP contribution in [0.15, 0.2) is 72.8 Å². The Hall–Kier alpha value is -3.38. The van der Waals surface area contributed by atoms with Crippen molar-refractivity contribution in [2.45, 2.75) is 0 Å². The molecule has 10 nitrogen and oxygen atoms in total. The van der Waals surface area contributed by atoms with E-state index in [-0.39, 0.29) is 0 Å². The number of benzene rings is 3. The number of anilines is 6. The van der Waals surface area contributed by atoms with E-state index in [0.29, 0.717) is 40.4 Å². The molecule has 3 aromatic carbocycles. The van der Waals surface area contributed by atoms with Gasteiger partial charge in [-0.2, -0.15) is 0 Å². The van der Waals surface area contributed by atoms with Crippen molar-refractivity contribution in [3.8, 4) is 0 Å². The van der Waals surface area contributed by atoms with E-state index in [9.17, 15) is 0 Å². The number of ether oxygens (including phenoxy) is 6. The topological polar surface area (TPSA) is 68.3 Å². The Kier molecular flexibility index (Phi) is 13.0. The van der Waals surface area contributed by atoms with E-state index in [4.69, 9.17) is 28.4 Å². The minimum Gasteiger partial charge on any atom is -0.364 e. The van der Waals surface area contributed by atoms with E-state index in [1.165, 1.54) is 0 Å². The van der Waals surface area contributed by atoms with Crippen molar-refractivity contribution in [1.82, 2.24) is 0 Å². The van der Waals surface area contributed by atoms with Gasteiger partial charge < -0.3 is 48.0 Å². The molecule has 0 saturated heterocycles. The average molecular weight is 555 g/mol. The highest BCUT2D eigenvalue weighted by atomic mass is 16.5. The van der Waals surface area contributed by atoms with Crippen molar-refractivity contribution < 1.29 is 28.4 Å². The zero-order valence-electron chi connectivity index (χ0n) is 24.4. The van der Waals surface area contributed by atoms with Gasteiger partial charge in [0.25, 0.3) is 0 Å². The number of nitrogens with zero attached hydrogens (tertiary/aromatic N) is 4. The van der Waals surface area contributed by atoms with Crippen LogP contribution in [0, 0.1) is 0 Å². The van der Waals surface area contributed by atoms with Crippen LogP contribution in [-0.2, 0) is 28.4 Å². The van der Waals surface area contributed by atoms with Gasteiger partial charge in [-0.3, -0.25) is 0 Å². The van der Waals surface area contributed by atoms with E-state index in [1.54, 1.807) is 42.7 Å². The molecule has 218 valence electrons. The molecule has 0 heterocycles. The summed E-state index contributed by atoms with van der Waals surface area (Å²) >= 11 is 0. The quantitative estimate of drug-likeness (QED) is 0.196. The van der Waals surface area contributed by atoms with Crippen molar-refractivity contribution in [3.63, 3.8) is 0 Å². The van der Waals surface area contributed by atoms with Gasteiger partial charge in [0.05, 0.1) is 0 Å². The van der Waals surface area contributed by atoms with Crippen molar-refractivity contribution in [2.24, 2.45) is 0 Å². The Balaban J connectivity index is 2.00. The molecular formula is C30H42N4O6. The molecule has 0 aromatic heterocycles. The van der Waals surface area contributed by atoms with Crippen LogP contribution < -0.4 is 19.6 Å². The van der Waals surface area contributed by atoms with Gasteiger partial charge in [-0.25, -0.2) is 0 Å². The normalized spacial score (nSPS) is 10.9. The second kappa shape index (κ2) is 16.7. The summed E-state index contributed by atoms with van der Waals surface area (Å²) in [5.41, 5.74) is 6.04. The summed E-state index contributed by atoms with van der Waals surface area (Å²) < 4.78 is 32.1. The minimum atomic E-state index is 0.429. The summed E-state index contributed by atoms with van der Waals surface area (Å²) in [6, 6.07) is 25.0. The van der Waals surface area contributed by atoms with Gasteiger partial charge in [0.1, 0.15) is 40.4 Å². The summed E-state index contributed by atoms with van der Waals surface area (Å²) in [6.07, 6.45) is 0. The fourth-order valence-corrected chi connectivity index (χ4v) is 4.38. The van der Waals surface area contributed by atoms with Crippen LogP contribution in [0.2, 0.25) is 0 Å². The molecule has 0 saturated carbocycles. The van der Waals surface area contributed by atoms with Crippen molar-refractivity contribution >= 4 is 34.1 Å². The van der Waals surface area contributed by atoms with E-state index in [0.717, 1.165) is 34.1 Å². The van der Waals surface area contributed by atoms with Crippen molar-refractivity contribution in [3.05, 3.63) is 72.8 Å². The Morgan fingerprint density at radius 2 is 0.500 bits per heavy atom. The second-order valence-electron chi connectivity index (χ2n) is 9.01. The fourth-order valence-electron chi connectivity index (χ4n) is 4.38. The zero-order valence-corrected chi connectivity index (χ0v) is 24.4. The lowest BCUT2D eigenvalue weighted by atomic mass is 10.1. The SMILES string of the molecule is COCN(COC)c1ccc(N(c2ccc(N(COC)COC)cc2)c2ccc(N(COC)COC)cc2)cc1. The lowest BCUT2D eigenvalue weighted by molar-refractivity contribution is 0.140. The molecule has 0 fully saturated rings. The van der Waals surface area contributed by atoms with Crippen LogP contribution in [0.5, 0.6) is 0 Å². The van der Waals surface area contributed by atoms with Gasteiger partial charge in [-0.05, 0) is 72.8 Å². The standard InChI is InChI=1S/C30H42N4O6/c1-35-19-31(20-36-2)25-7-13-28(14-8-25)34(29-15-9-26(10-16-29)32(21-37-3)22-38-4)30-17-11-27(12-18-30)33(23-39-5)24-40-6/h7-18H,19-24H2,1-6H3. The molecule has 0 atom stereocenters. The van der Waals surface area contributed by atoms with Crippen LogP contribution in [-0.4, -0.2) is 83.0 Å². The molecule has 3 rings (SSSR count). The van der Waals surface area contributed by atoms with Crippen LogP contribution in [0.4, 0.5) is 34.1 Å². The smallest absolute Gasteiger partial charge is 0.120 e. The molecule has 0 bridgehead atoms. The highest BCUT2D eigenvalue weighted by molar-refractivity contribution is 5.79. The van der Waals surface area contributed by atoms with Crippen molar-refractivity contribution in [2.75, 3.05) is 103 Å². The maximum absolute atomic E-state index is 5.35. The first-order valence-electron chi connectivity index (χ1n) is 12.9. The van der Waals surface area contributed by atoms with Gasteiger partial charge in [0, 0.05) is 76.8 Å². The van der Waals surface area contributed by atoms with Gasteiger partial charge in [-0.1, -0.05) is 0 Å². The van der Waals surface area contributed by atoms with Gasteiger partial charge in [0.15, 0.2) is 0 Å². The average Bonchev–Trinajstić information content (AvgIpc) is 2.98. The predicted molar refractivity (Wildman–Crippen MR) is 160 cm³/mol.